The highest BCUT2D eigenvalue weighted by Gasteiger charge is 2.30. The molecule has 3 aromatic rings. The molecule has 0 radical (unpaired) electrons. The van der Waals surface area contributed by atoms with E-state index < -0.39 is 9.84 Å². The minimum Gasteiger partial charge on any atom is -0.492 e. The Kier molecular flexibility index (Phi) is 6.56. The molecule has 8 nitrogen and oxygen atoms in total. The first-order valence-electron chi connectivity index (χ1n) is 11.3. The highest BCUT2D eigenvalue weighted by molar-refractivity contribution is 7.92. The molecule has 174 valence electrons. The maximum Gasteiger partial charge on any atom is 0.153 e. The van der Waals surface area contributed by atoms with Gasteiger partial charge in [-0.05, 0) is 43.9 Å². The average Bonchev–Trinajstić information content (AvgIpc) is 3.21. The molecule has 0 bridgehead atoms. The van der Waals surface area contributed by atoms with Gasteiger partial charge < -0.3 is 9.64 Å². The molecule has 9 heteroatoms. The summed E-state index contributed by atoms with van der Waals surface area (Å²) in [4.78, 5) is 6.80. The van der Waals surface area contributed by atoms with Crippen LogP contribution in [0.2, 0.25) is 0 Å². The first-order valence-corrected chi connectivity index (χ1v) is 13.0. The lowest BCUT2D eigenvalue weighted by molar-refractivity contribution is 0.338. The molecule has 1 saturated heterocycles. The molecule has 3 aromatic heterocycles. The standard InChI is InChI=1S/C24H29N5O3S/c1-4-32-20-11-22(24-19(12-25)14-27-29(24)15-20)18-5-6-23(26-13-18)28-9-7-21(8-10-28)33(30,31)16-17(2)3/h5-6,11,13-15,17,21H,4,7-10,16H2,1-3H3. The van der Waals surface area contributed by atoms with E-state index >= 15 is 0 Å². The SMILES string of the molecule is CCOc1cc(-c2ccc(N3CCC(S(=O)(=O)CC(C)C)CC3)nc2)c2c(C#N)cnn2c1. The summed E-state index contributed by atoms with van der Waals surface area (Å²) >= 11 is 0. The maximum atomic E-state index is 12.6. The number of anilines is 1. The molecular weight excluding hydrogens is 438 g/mol. The molecule has 1 aliphatic rings. The van der Waals surface area contributed by atoms with Gasteiger partial charge in [0.2, 0.25) is 0 Å². The lowest BCUT2D eigenvalue weighted by Crippen LogP contribution is -2.40. The molecule has 1 aliphatic heterocycles. The molecule has 1 fully saturated rings. The Morgan fingerprint density at radius 2 is 2.00 bits per heavy atom. The van der Waals surface area contributed by atoms with Gasteiger partial charge in [-0.2, -0.15) is 10.4 Å². The lowest BCUT2D eigenvalue weighted by atomic mass is 10.0. The predicted octanol–water partition coefficient (Wildman–Crippen LogP) is 3.71. The number of nitriles is 1. The van der Waals surface area contributed by atoms with Crippen molar-refractivity contribution in [3.8, 4) is 22.9 Å². The van der Waals surface area contributed by atoms with Crippen LogP contribution in [0.5, 0.6) is 5.75 Å². The van der Waals surface area contributed by atoms with Gasteiger partial charge in [-0.3, -0.25) is 0 Å². The number of pyridine rings is 2. The van der Waals surface area contributed by atoms with Crippen molar-refractivity contribution >= 4 is 21.2 Å². The molecule has 0 aromatic carbocycles. The molecule has 0 aliphatic carbocycles. The number of rotatable bonds is 7. The first kappa shape index (κ1) is 23.1. The van der Waals surface area contributed by atoms with Crippen molar-refractivity contribution in [2.24, 2.45) is 5.92 Å². The largest absolute Gasteiger partial charge is 0.492 e. The number of nitrogens with zero attached hydrogens (tertiary/aromatic N) is 5. The summed E-state index contributed by atoms with van der Waals surface area (Å²) in [6.07, 6.45) is 6.35. The number of hydrogen-bond donors (Lipinski definition) is 0. The van der Waals surface area contributed by atoms with Crippen LogP contribution in [0.4, 0.5) is 5.82 Å². The third kappa shape index (κ3) is 4.81. The van der Waals surface area contributed by atoms with E-state index in [4.69, 9.17) is 4.74 Å². The Labute approximate surface area is 194 Å². The van der Waals surface area contributed by atoms with Gasteiger partial charge in [0.25, 0.3) is 0 Å². The molecule has 0 unspecified atom stereocenters. The highest BCUT2D eigenvalue weighted by Crippen LogP contribution is 2.32. The molecule has 0 N–H and O–H groups in total. The molecule has 0 spiro atoms. The van der Waals surface area contributed by atoms with Crippen LogP contribution >= 0.6 is 0 Å². The lowest BCUT2D eigenvalue weighted by Gasteiger charge is -2.32. The van der Waals surface area contributed by atoms with Gasteiger partial charge in [-0.1, -0.05) is 13.8 Å². The third-order valence-electron chi connectivity index (χ3n) is 5.92. The van der Waals surface area contributed by atoms with Crippen molar-refractivity contribution in [1.29, 1.82) is 5.26 Å². The van der Waals surface area contributed by atoms with E-state index in [2.05, 4.69) is 21.1 Å². The monoisotopic (exact) mass is 467 g/mol. The average molecular weight is 468 g/mol. The molecule has 4 rings (SSSR count). The molecule has 0 saturated carbocycles. The van der Waals surface area contributed by atoms with Crippen LogP contribution in [0.1, 0.15) is 39.2 Å². The summed E-state index contributed by atoms with van der Waals surface area (Å²) in [7, 11) is -3.06. The Bertz CT molecular complexity index is 1270. The van der Waals surface area contributed by atoms with E-state index in [0.29, 0.717) is 49.4 Å². The number of piperidine rings is 1. The van der Waals surface area contributed by atoms with Crippen LogP contribution < -0.4 is 9.64 Å². The summed E-state index contributed by atoms with van der Waals surface area (Å²) in [5.74, 6) is 1.89. The topological polar surface area (TPSA) is 101 Å². The van der Waals surface area contributed by atoms with Crippen molar-refractivity contribution in [2.45, 2.75) is 38.9 Å². The van der Waals surface area contributed by atoms with E-state index in [1.54, 1.807) is 23.1 Å². The minimum atomic E-state index is -3.06. The van der Waals surface area contributed by atoms with Crippen molar-refractivity contribution in [1.82, 2.24) is 14.6 Å². The van der Waals surface area contributed by atoms with Gasteiger partial charge in [0.1, 0.15) is 17.6 Å². The summed E-state index contributed by atoms with van der Waals surface area (Å²) in [6.45, 7) is 7.66. The van der Waals surface area contributed by atoms with Gasteiger partial charge in [-0.25, -0.2) is 17.9 Å². The fraction of sp³-hybridized carbons (Fsp3) is 0.458. The second-order valence-corrected chi connectivity index (χ2v) is 11.1. The van der Waals surface area contributed by atoms with Crippen LogP contribution in [-0.4, -0.2) is 53.7 Å². The van der Waals surface area contributed by atoms with Crippen molar-refractivity contribution in [3.63, 3.8) is 0 Å². The fourth-order valence-corrected chi connectivity index (χ4v) is 6.55. The van der Waals surface area contributed by atoms with Gasteiger partial charge in [0.05, 0.1) is 41.1 Å². The van der Waals surface area contributed by atoms with E-state index in [1.165, 1.54) is 0 Å². The molecular formula is C24H29N5O3S. The zero-order valence-corrected chi connectivity index (χ0v) is 20.0. The zero-order chi connectivity index (χ0) is 23.6. The van der Waals surface area contributed by atoms with Gasteiger partial charge in [0.15, 0.2) is 9.84 Å². The predicted molar refractivity (Wildman–Crippen MR) is 128 cm³/mol. The van der Waals surface area contributed by atoms with E-state index in [9.17, 15) is 13.7 Å². The highest BCUT2D eigenvalue weighted by atomic mass is 32.2. The molecule has 33 heavy (non-hydrogen) atoms. The van der Waals surface area contributed by atoms with Gasteiger partial charge in [0, 0.05) is 30.4 Å². The molecule has 4 heterocycles. The second kappa shape index (κ2) is 9.40. The summed E-state index contributed by atoms with van der Waals surface area (Å²) < 4.78 is 32.5. The second-order valence-electron chi connectivity index (χ2n) is 8.80. The summed E-state index contributed by atoms with van der Waals surface area (Å²) in [6, 6.07) is 8.03. The summed E-state index contributed by atoms with van der Waals surface area (Å²) in [5, 5.41) is 13.5. The van der Waals surface area contributed by atoms with Crippen molar-refractivity contribution in [2.75, 3.05) is 30.3 Å². The Balaban J connectivity index is 1.56. The van der Waals surface area contributed by atoms with Crippen LogP contribution in [0.15, 0.2) is 36.8 Å². The maximum absolute atomic E-state index is 12.6. The normalized spacial score (nSPS) is 15.2. The first-order chi connectivity index (χ1) is 15.8. The number of sulfone groups is 1. The van der Waals surface area contributed by atoms with E-state index in [1.807, 2.05) is 39.0 Å². The van der Waals surface area contributed by atoms with Crippen LogP contribution in [0, 0.1) is 17.2 Å². The number of hydrogen-bond acceptors (Lipinski definition) is 7. The summed E-state index contributed by atoms with van der Waals surface area (Å²) in [5.41, 5.74) is 2.89. The molecule has 0 atom stereocenters. The third-order valence-corrected chi connectivity index (χ3v) is 8.53. The Morgan fingerprint density at radius 3 is 2.61 bits per heavy atom. The van der Waals surface area contributed by atoms with Crippen LogP contribution in [0.3, 0.4) is 0 Å². The minimum absolute atomic E-state index is 0.146. The zero-order valence-electron chi connectivity index (χ0n) is 19.2. The number of fused-ring (bicyclic) bond motifs is 1. The Hall–Kier alpha value is -3.12. The number of ether oxygens (including phenoxy) is 1. The quantitative estimate of drug-likeness (QED) is 0.522. The van der Waals surface area contributed by atoms with E-state index in [-0.39, 0.29) is 16.9 Å². The Morgan fingerprint density at radius 1 is 1.24 bits per heavy atom. The van der Waals surface area contributed by atoms with Gasteiger partial charge >= 0.3 is 0 Å². The fourth-order valence-electron chi connectivity index (χ4n) is 4.42. The van der Waals surface area contributed by atoms with Crippen LogP contribution in [-0.2, 0) is 9.84 Å². The van der Waals surface area contributed by atoms with Gasteiger partial charge in [-0.15, -0.1) is 0 Å². The van der Waals surface area contributed by atoms with E-state index in [0.717, 1.165) is 16.9 Å². The van der Waals surface area contributed by atoms with Crippen molar-refractivity contribution < 1.29 is 13.2 Å². The van der Waals surface area contributed by atoms with Crippen molar-refractivity contribution in [3.05, 3.63) is 42.4 Å². The smallest absolute Gasteiger partial charge is 0.153 e. The van der Waals surface area contributed by atoms with Crippen LogP contribution in [0.25, 0.3) is 16.6 Å². The number of aromatic nitrogens is 3. The molecule has 0 amide bonds.